The van der Waals surface area contributed by atoms with Crippen LogP contribution in [0.3, 0.4) is 0 Å². The number of carbonyl (C=O) groups excluding carboxylic acids is 2. The molecular weight excluding hydrogens is 887 g/mol. The Balaban J connectivity index is 3.32. The van der Waals surface area contributed by atoms with Gasteiger partial charge in [0, 0.05) is 12.8 Å². The molecule has 0 aliphatic heterocycles. The van der Waals surface area contributed by atoms with E-state index in [1.807, 2.05) is 0 Å². The van der Waals surface area contributed by atoms with Gasteiger partial charge in [-0.1, -0.05) is 295 Å². The molecule has 2 unspecified atom stereocenters. The van der Waals surface area contributed by atoms with E-state index in [-0.39, 0.29) is 18.5 Å². The summed E-state index contributed by atoms with van der Waals surface area (Å²) >= 11 is 0. The van der Waals surface area contributed by atoms with E-state index in [0.717, 1.165) is 44.9 Å². The first-order valence-electron chi connectivity index (χ1n) is 32.6. The summed E-state index contributed by atoms with van der Waals surface area (Å²) in [6.45, 7) is 4.94. The Morgan fingerprint density at radius 3 is 0.986 bits per heavy atom. The van der Waals surface area contributed by atoms with Crippen molar-refractivity contribution in [1.82, 2.24) is 5.32 Å². The van der Waals surface area contributed by atoms with Crippen LogP contribution in [-0.4, -0.2) is 47.4 Å². The molecule has 3 N–H and O–H groups in total. The molecule has 0 aromatic carbocycles. The van der Waals surface area contributed by atoms with Crippen LogP contribution in [-0.2, 0) is 14.3 Å². The maximum atomic E-state index is 12.4. The van der Waals surface area contributed by atoms with Crippen LogP contribution in [0.4, 0.5) is 0 Å². The first kappa shape index (κ1) is 70.3. The summed E-state index contributed by atoms with van der Waals surface area (Å²) in [7, 11) is 0. The van der Waals surface area contributed by atoms with E-state index in [1.54, 1.807) is 0 Å². The predicted octanol–water partition coefficient (Wildman–Crippen LogP) is 20.6. The zero-order valence-electron chi connectivity index (χ0n) is 48.7. The van der Waals surface area contributed by atoms with E-state index < -0.39 is 12.1 Å². The highest BCUT2D eigenvalue weighted by molar-refractivity contribution is 5.76. The lowest BCUT2D eigenvalue weighted by Crippen LogP contribution is -2.45. The highest BCUT2D eigenvalue weighted by Gasteiger charge is 2.20. The molecule has 0 spiro atoms. The topological polar surface area (TPSA) is 95.9 Å². The van der Waals surface area contributed by atoms with Gasteiger partial charge in [0.05, 0.1) is 25.4 Å². The molecule has 72 heavy (non-hydrogen) atoms. The molecule has 2 atom stereocenters. The van der Waals surface area contributed by atoms with Crippen LogP contribution in [0.15, 0.2) is 24.3 Å². The molecule has 0 aromatic rings. The van der Waals surface area contributed by atoms with Gasteiger partial charge < -0.3 is 20.3 Å². The predicted molar refractivity (Wildman–Crippen MR) is 315 cm³/mol. The second-order valence-corrected chi connectivity index (χ2v) is 22.4. The lowest BCUT2D eigenvalue weighted by atomic mass is 10.0. The Morgan fingerprint density at radius 2 is 0.653 bits per heavy atom. The quantitative estimate of drug-likeness (QED) is 0.0320. The smallest absolute Gasteiger partial charge is 0.305 e. The Hall–Kier alpha value is -1.66. The number of unbranched alkanes of at least 4 members (excludes halogenated alkanes) is 46. The molecule has 0 rings (SSSR count). The molecule has 0 aromatic heterocycles. The minimum absolute atomic E-state index is 0.00998. The van der Waals surface area contributed by atoms with Crippen LogP contribution in [0.25, 0.3) is 0 Å². The van der Waals surface area contributed by atoms with Crippen molar-refractivity contribution in [3.8, 4) is 0 Å². The molecule has 0 saturated carbocycles. The monoisotopic (exact) mass is 1010 g/mol. The minimum atomic E-state index is -0.660. The number of rotatable bonds is 61. The highest BCUT2D eigenvalue weighted by Crippen LogP contribution is 2.18. The van der Waals surface area contributed by atoms with Crippen molar-refractivity contribution in [1.29, 1.82) is 0 Å². The molecule has 6 nitrogen and oxygen atoms in total. The van der Waals surface area contributed by atoms with Crippen LogP contribution in [0.2, 0.25) is 0 Å². The number of aliphatic hydroxyl groups is 2. The van der Waals surface area contributed by atoms with Gasteiger partial charge in [0.25, 0.3) is 0 Å². The maximum Gasteiger partial charge on any atom is 0.305 e. The van der Waals surface area contributed by atoms with Gasteiger partial charge in [0.2, 0.25) is 5.91 Å². The number of ether oxygens (including phenoxy) is 1. The number of nitrogens with one attached hydrogen (secondary N) is 1. The second-order valence-electron chi connectivity index (χ2n) is 22.4. The van der Waals surface area contributed by atoms with Crippen molar-refractivity contribution >= 4 is 11.9 Å². The molecule has 0 aliphatic carbocycles. The number of carbonyl (C=O) groups is 2. The van der Waals surface area contributed by atoms with E-state index in [9.17, 15) is 19.8 Å². The number of hydrogen-bond acceptors (Lipinski definition) is 5. The third-order valence-corrected chi connectivity index (χ3v) is 15.2. The van der Waals surface area contributed by atoms with Crippen molar-refractivity contribution in [2.45, 2.75) is 373 Å². The summed E-state index contributed by atoms with van der Waals surface area (Å²) in [6.07, 6.45) is 76.5. The van der Waals surface area contributed by atoms with Gasteiger partial charge in [-0.2, -0.15) is 0 Å². The molecule has 1 amide bonds. The third-order valence-electron chi connectivity index (χ3n) is 15.2. The molecule has 0 bridgehead atoms. The molecule has 426 valence electrons. The number of hydrogen-bond donors (Lipinski definition) is 3. The molecule has 0 aliphatic rings. The van der Waals surface area contributed by atoms with Gasteiger partial charge in [0.1, 0.15) is 0 Å². The number of amides is 1. The lowest BCUT2D eigenvalue weighted by Gasteiger charge is -2.22. The summed E-state index contributed by atoms with van der Waals surface area (Å²) in [5, 5.41) is 23.1. The maximum absolute atomic E-state index is 12.4. The van der Waals surface area contributed by atoms with Crippen LogP contribution in [0, 0.1) is 0 Å². The first-order valence-corrected chi connectivity index (χ1v) is 32.6. The van der Waals surface area contributed by atoms with E-state index in [1.165, 1.54) is 283 Å². The Bertz CT molecular complexity index is 1120. The van der Waals surface area contributed by atoms with E-state index >= 15 is 0 Å². The highest BCUT2D eigenvalue weighted by atomic mass is 16.5. The summed E-state index contributed by atoms with van der Waals surface area (Å²) in [5.41, 5.74) is 0. The molecule has 0 heterocycles. The summed E-state index contributed by atoms with van der Waals surface area (Å²) < 4.78 is 5.49. The van der Waals surface area contributed by atoms with Gasteiger partial charge in [0.15, 0.2) is 0 Å². The van der Waals surface area contributed by atoms with E-state index in [4.69, 9.17) is 4.74 Å². The largest absolute Gasteiger partial charge is 0.466 e. The van der Waals surface area contributed by atoms with Crippen LogP contribution >= 0.6 is 0 Å². The molecular formula is C66H127NO5. The van der Waals surface area contributed by atoms with Crippen LogP contribution < -0.4 is 5.32 Å². The van der Waals surface area contributed by atoms with E-state index in [0.29, 0.717) is 25.9 Å². The average molecular weight is 1010 g/mol. The van der Waals surface area contributed by atoms with Gasteiger partial charge in [-0.05, 0) is 77.0 Å². The summed E-state index contributed by atoms with van der Waals surface area (Å²) in [5.74, 6) is -0.0241. The fourth-order valence-electron chi connectivity index (χ4n) is 10.2. The molecule has 0 fully saturated rings. The lowest BCUT2D eigenvalue weighted by molar-refractivity contribution is -0.143. The van der Waals surface area contributed by atoms with Crippen LogP contribution in [0.1, 0.15) is 361 Å². The molecule has 6 heteroatoms. The first-order chi connectivity index (χ1) is 35.5. The average Bonchev–Trinajstić information content (AvgIpc) is 3.38. The Labute approximate surface area is 450 Å². The summed E-state index contributed by atoms with van der Waals surface area (Å²) in [6, 6.07) is -0.537. The van der Waals surface area contributed by atoms with Gasteiger partial charge in [-0.15, -0.1) is 0 Å². The van der Waals surface area contributed by atoms with Crippen molar-refractivity contribution in [3.63, 3.8) is 0 Å². The zero-order valence-corrected chi connectivity index (χ0v) is 48.7. The van der Waals surface area contributed by atoms with Crippen LogP contribution in [0.5, 0.6) is 0 Å². The van der Waals surface area contributed by atoms with Crippen molar-refractivity contribution < 1.29 is 24.5 Å². The number of allylic oxidation sites excluding steroid dienone is 4. The second kappa shape index (κ2) is 61.9. The van der Waals surface area contributed by atoms with Crippen molar-refractivity contribution in [2.75, 3.05) is 13.2 Å². The fourth-order valence-corrected chi connectivity index (χ4v) is 10.2. The Morgan fingerprint density at radius 1 is 0.375 bits per heavy atom. The minimum Gasteiger partial charge on any atom is -0.466 e. The van der Waals surface area contributed by atoms with E-state index in [2.05, 4.69) is 43.5 Å². The number of aliphatic hydroxyl groups excluding tert-OH is 2. The van der Waals surface area contributed by atoms with Gasteiger partial charge >= 0.3 is 5.97 Å². The third kappa shape index (κ3) is 57.6. The Kier molecular flexibility index (Phi) is 60.5. The SMILES string of the molecule is CCCCCCCC/C=C\CCCCCCCC(=O)OCCCCCCCCCCCCCC/C=C\CCCCCCCCCCCCCCCCCC(=O)NC(CO)C(O)CCCCCCCCCCC. The molecule has 0 radical (unpaired) electrons. The summed E-state index contributed by atoms with van der Waals surface area (Å²) in [4.78, 5) is 24.5. The van der Waals surface area contributed by atoms with Gasteiger partial charge in [-0.3, -0.25) is 9.59 Å². The van der Waals surface area contributed by atoms with Crippen molar-refractivity contribution in [2.24, 2.45) is 0 Å². The normalized spacial score (nSPS) is 12.7. The number of esters is 1. The standard InChI is InChI=1S/C66H127NO5/c1-3-5-7-9-11-13-14-15-33-37-40-44-48-52-56-60-66(71)72-61-57-53-49-45-41-38-35-32-30-28-26-24-22-20-18-16-17-19-21-23-25-27-29-31-34-36-39-43-47-51-55-59-65(70)67-63(62-68)64(69)58-54-50-46-42-12-10-8-6-4-2/h15,18,20,33,63-64,68-69H,3-14,16-17,19,21-32,34-62H2,1-2H3,(H,67,70)/b20-18-,33-15-. The van der Waals surface area contributed by atoms with Gasteiger partial charge in [-0.25, -0.2) is 0 Å². The zero-order chi connectivity index (χ0) is 52.2. The molecule has 0 saturated heterocycles. The fraction of sp³-hybridized carbons (Fsp3) is 0.909. The van der Waals surface area contributed by atoms with Crippen molar-refractivity contribution in [3.05, 3.63) is 24.3 Å².